The number of carbonyl (C=O) groups excluding carboxylic acids is 2. The molecule has 0 aromatic heterocycles. The molecule has 1 aliphatic rings. The third kappa shape index (κ3) is 11.4. The monoisotopic (exact) mass is 580 g/mol. The van der Waals surface area contributed by atoms with Crippen LogP contribution in [-0.4, -0.2) is 43.7 Å². The lowest BCUT2D eigenvalue weighted by atomic mass is 9.86. The molecule has 1 saturated carbocycles. The number of ether oxygens (including phenoxy) is 1. The van der Waals surface area contributed by atoms with Gasteiger partial charge in [0.15, 0.2) is 0 Å². The third-order valence-corrected chi connectivity index (χ3v) is 7.38. The van der Waals surface area contributed by atoms with Gasteiger partial charge >= 0.3 is 0 Å². The van der Waals surface area contributed by atoms with Gasteiger partial charge in [0.1, 0.15) is 5.75 Å². The van der Waals surface area contributed by atoms with Gasteiger partial charge in [-0.2, -0.15) is 8.42 Å². The van der Waals surface area contributed by atoms with Gasteiger partial charge in [0.2, 0.25) is 5.91 Å². The molecule has 0 aliphatic heterocycles. The first-order chi connectivity index (χ1) is 19.3. The molecule has 41 heavy (non-hydrogen) atoms. The predicted molar refractivity (Wildman–Crippen MR) is 163 cm³/mol. The molecular formula is C32H40N2O6S. The van der Waals surface area contributed by atoms with Gasteiger partial charge in [-0.05, 0) is 78.1 Å². The summed E-state index contributed by atoms with van der Waals surface area (Å²) >= 11 is 0. The first kappa shape index (κ1) is 31.8. The zero-order valence-corrected chi connectivity index (χ0v) is 24.7. The van der Waals surface area contributed by atoms with Crippen molar-refractivity contribution in [3.8, 4) is 5.75 Å². The second-order valence-electron chi connectivity index (χ2n) is 11.3. The van der Waals surface area contributed by atoms with E-state index in [4.69, 9.17) is 9.29 Å². The quantitative estimate of drug-likeness (QED) is 0.197. The summed E-state index contributed by atoms with van der Waals surface area (Å²) in [5, 5.41) is 5.45. The summed E-state index contributed by atoms with van der Waals surface area (Å²) in [5.41, 5.74) is 2.80. The Kier molecular flexibility index (Phi) is 11.1. The molecule has 0 radical (unpaired) electrons. The van der Waals surface area contributed by atoms with Crippen molar-refractivity contribution < 1.29 is 27.3 Å². The van der Waals surface area contributed by atoms with E-state index in [-0.39, 0.29) is 17.9 Å². The van der Waals surface area contributed by atoms with Crippen molar-refractivity contribution in [2.75, 3.05) is 24.2 Å². The Morgan fingerprint density at radius 1 is 1.10 bits per heavy atom. The average Bonchev–Trinajstić information content (AvgIpc) is 3.73. The molecule has 1 unspecified atom stereocenters. The van der Waals surface area contributed by atoms with Crippen molar-refractivity contribution in [3.63, 3.8) is 0 Å². The van der Waals surface area contributed by atoms with E-state index in [9.17, 15) is 18.0 Å². The Morgan fingerprint density at radius 3 is 2.32 bits per heavy atom. The minimum atomic E-state index is -4.16. The highest BCUT2D eigenvalue weighted by atomic mass is 32.2. The van der Waals surface area contributed by atoms with Crippen LogP contribution in [0.3, 0.4) is 0 Å². The molecule has 2 aromatic carbocycles. The van der Waals surface area contributed by atoms with E-state index in [0.717, 1.165) is 23.5 Å². The van der Waals surface area contributed by atoms with Gasteiger partial charge in [-0.15, -0.1) is 0 Å². The van der Waals surface area contributed by atoms with Crippen LogP contribution in [0.15, 0.2) is 85.0 Å². The van der Waals surface area contributed by atoms with E-state index >= 15 is 0 Å². The number of benzene rings is 2. The van der Waals surface area contributed by atoms with E-state index < -0.39 is 27.7 Å². The molecule has 220 valence electrons. The normalized spacial score (nSPS) is 14.9. The second kappa shape index (κ2) is 14.3. The van der Waals surface area contributed by atoms with Crippen molar-refractivity contribution >= 4 is 27.6 Å². The summed E-state index contributed by atoms with van der Waals surface area (Å²) in [6.07, 6.45) is 10.3. The smallest absolute Gasteiger partial charge is 0.266 e. The van der Waals surface area contributed by atoms with Crippen LogP contribution in [0.25, 0.3) is 0 Å². The molecule has 9 heteroatoms. The first-order valence-corrected chi connectivity index (χ1v) is 15.3. The molecule has 3 N–H and O–H groups in total. The highest BCUT2D eigenvalue weighted by molar-refractivity contribution is 7.85. The number of hydrogen-bond acceptors (Lipinski definition) is 5. The number of allylic oxidation sites excluding steroid dienone is 4. The molecule has 3 rings (SSSR count). The predicted octanol–water partition coefficient (Wildman–Crippen LogP) is 5.61. The molecule has 0 heterocycles. The van der Waals surface area contributed by atoms with Gasteiger partial charge in [0, 0.05) is 17.8 Å². The summed E-state index contributed by atoms with van der Waals surface area (Å²) in [4.78, 5) is 25.7. The maximum atomic E-state index is 13.4. The highest BCUT2D eigenvalue weighted by Gasteiger charge is 2.22. The van der Waals surface area contributed by atoms with Crippen LogP contribution < -0.4 is 15.4 Å². The van der Waals surface area contributed by atoms with Crippen molar-refractivity contribution in [2.45, 2.75) is 40.0 Å². The molecule has 0 spiro atoms. The number of rotatable bonds is 14. The Hall–Kier alpha value is -3.69. The number of amides is 2. The second-order valence-corrected chi connectivity index (χ2v) is 12.9. The maximum Gasteiger partial charge on any atom is 0.266 e. The zero-order valence-electron chi connectivity index (χ0n) is 23.9. The van der Waals surface area contributed by atoms with E-state index in [0.29, 0.717) is 23.6 Å². The number of anilines is 1. The van der Waals surface area contributed by atoms with E-state index in [1.54, 1.807) is 24.3 Å². The number of carbonyl (C=O) groups is 2. The van der Waals surface area contributed by atoms with Gasteiger partial charge in [-0.3, -0.25) is 14.1 Å². The van der Waals surface area contributed by atoms with Crippen molar-refractivity contribution in [3.05, 3.63) is 96.1 Å². The fourth-order valence-corrected chi connectivity index (χ4v) is 4.34. The molecule has 1 fully saturated rings. The topological polar surface area (TPSA) is 122 Å². The minimum Gasteiger partial charge on any atom is -0.493 e. The average molecular weight is 581 g/mol. The first-order valence-electron chi connectivity index (χ1n) is 13.7. The van der Waals surface area contributed by atoms with Gasteiger partial charge in [0.05, 0.1) is 18.3 Å². The fraction of sp³-hybridized carbons (Fsp3) is 0.375. The molecule has 2 aromatic rings. The van der Waals surface area contributed by atoms with Crippen LogP contribution in [0.4, 0.5) is 5.69 Å². The third-order valence-electron chi connectivity index (χ3n) is 6.66. The summed E-state index contributed by atoms with van der Waals surface area (Å²) < 4.78 is 36.3. The Bertz CT molecular complexity index is 1370. The highest BCUT2D eigenvalue weighted by Crippen LogP contribution is 2.30. The Balaban J connectivity index is 1.71. The summed E-state index contributed by atoms with van der Waals surface area (Å²) in [5.74, 6) is -0.264. The molecule has 1 aliphatic carbocycles. The lowest BCUT2D eigenvalue weighted by molar-refractivity contribution is -0.118. The molecule has 8 nitrogen and oxygen atoms in total. The minimum absolute atomic E-state index is 0.0923. The van der Waals surface area contributed by atoms with E-state index in [1.807, 2.05) is 48.6 Å². The van der Waals surface area contributed by atoms with Gasteiger partial charge in [-0.1, -0.05) is 63.8 Å². The SMILES string of the molecule is C=C/C(=C\C=C\C(Cc1ccc(C(=O)NCCS(=O)(=O)O)cc1)C(=O)Nc1ccc(OCC2CC2)cc1)C(C)(C)C. The van der Waals surface area contributed by atoms with E-state index in [1.165, 1.54) is 12.8 Å². The number of hydrogen-bond donors (Lipinski definition) is 3. The lowest BCUT2D eigenvalue weighted by Crippen LogP contribution is -2.28. The molecule has 1 atom stereocenters. The van der Waals surface area contributed by atoms with Crippen molar-refractivity contribution in [1.29, 1.82) is 0 Å². The van der Waals surface area contributed by atoms with Crippen LogP contribution in [0, 0.1) is 17.3 Å². The van der Waals surface area contributed by atoms with Gasteiger partial charge < -0.3 is 15.4 Å². The van der Waals surface area contributed by atoms with Crippen LogP contribution >= 0.6 is 0 Å². The molecule has 2 amide bonds. The van der Waals surface area contributed by atoms with Crippen LogP contribution in [0.5, 0.6) is 5.75 Å². The van der Waals surface area contributed by atoms with Crippen LogP contribution in [-0.2, 0) is 21.3 Å². The fourth-order valence-electron chi connectivity index (χ4n) is 3.98. The van der Waals surface area contributed by atoms with Gasteiger partial charge in [0.25, 0.3) is 16.0 Å². The largest absolute Gasteiger partial charge is 0.493 e. The van der Waals surface area contributed by atoms with Crippen molar-refractivity contribution in [1.82, 2.24) is 5.32 Å². The molecule has 0 saturated heterocycles. The van der Waals surface area contributed by atoms with Gasteiger partial charge in [-0.25, -0.2) is 0 Å². The molecular weight excluding hydrogens is 540 g/mol. The summed E-state index contributed by atoms with van der Waals surface area (Å²) in [6, 6.07) is 14.1. The summed E-state index contributed by atoms with van der Waals surface area (Å²) in [6.45, 7) is 10.7. The lowest BCUT2D eigenvalue weighted by Gasteiger charge is -2.19. The zero-order chi connectivity index (χ0) is 30.0. The van der Waals surface area contributed by atoms with E-state index in [2.05, 4.69) is 38.0 Å². The van der Waals surface area contributed by atoms with Crippen LogP contribution in [0.2, 0.25) is 0 Å². The Morgan fingerprint density at radius 2 is 1.76 bits per heavy atom. The summed E-state index contributed by atoms with van der Waals surface area (Å²) in [7, 11) is -4.16. The number of nitrogens with one attached hydrogen (secondary N) is 2. The standard InChI is InChI=1S/C32H40N2O6S/c1-5-27(32(2,3)4)8-6-7-26(31(36)34-28-15-17-29(18-16-28)40-22-24-9-10-24)21-23-11-13-25(14-12-23)30(35)33-19-20-41(37,38)39/h5-8,11-18,24,26H,1,9-10,19-22H2,2-4H3,(H,33,35)(H,34,36)(H,37,38,39)/b7-6+,27-8+. The molecule has 0 bridgehead atoms. The maximum absolute atomic E-state index is 13.4. The van der Waals surface area contributed by atoms with Crippen molar-refractivity contribution in [2.24, 2.45) is 17.3 Å². The van der Waals surface area contributed by atoms with Crippen LogP contribution in [0.1, 0.15) is 49.5 Å². The Labute approximate surface area is 243 Å².